The second kappa shape index (κ2) is 4.15. The van der Waals surface area contributed by atoms with Crippen LogP contribution in [0.3, 0.4) is 0 Å². The first kappa shape index (κ1) is 9.74. The Bertz CT molecular complexity index is 295. The van der Waals surface area contributed by atoms with E-state index in [-0.39, 0.29) is 0 Å². The minimum atomic E-state index is 0.597. The Balaban J connectivity index is 1.90. The van der Waals surface area contributed by atoms with Crippen molar-refractivity contribution in [2.24, 2.45) is 0 Å². The molecular formula is C11H18N2O. The molecule has 0 amide bonds. The maximum absolute atomic E-state index is 5.56. The molecule has 1 unspecified atom stereocenters. The SMILES string of the molecule is Cc1ccc(CN2CCNC(C)C2)o1. The Morgan fingerprint density at radius 1 is 1.57 bits per heavy atom. The smallest absolute Gasteiger partial charge is 0.118 e. The minimum absolute atomic E-state index is 0.597. The first-order chi connectivity index (χ1) is 6.74. The van der Waals surface area contributed by atoms with E-state index in [4.69, 9.17) is 4.42 Å². The van der Waals surface area contributed by atoms with Gasteiger partial charge >= 0.3 is 0 Å². The molecule has 1 aromatic rings. The van der Waals surface area contributed by atoms with Gasteiger partial charge in [-0.15, -0.1) is 0 Å². The van der Waals surface area contributed by atoms with Crippen LogP contribution in [-0.2, 0) is 6.54 Å². The van der Waals surface area contributed by atoms with Crippen LogP contribution in [0.25, 0.3) is 0 Å². The van der Waals surface area contributed by atoms with Crippen molar-refractivity contribution < 1.29 is 4.42 Å². The standard InChI is InChI=1S/C11H18N2O/c1-9-7-13(6-5-12-9)8-11-4-3-10(2)14-11/h3-4,9,12H,5-8H2,1-2H3. The number of furan rings is 1. The quantitative estimate of drug-likeness (QED) is 0.771. The molecule has 3 heteroatoms. The summed E-state index contributed by atoms with van der Waals surface area (Å²) in [5, 5.41) is 3.43. The Morgan fingerprint density at radius 3 is 3.07 bits per heavy atom. The predicted octanol–water partition coefficient (Wildman–Crippen LogP) is 1.38. The van der Waals surface area contributed by atoms with Crippen molar-refractivity contribution in [1.82, 2.24) is 10.2 Å². The third-order valence-corrected chi connectivity index (χ3v) is 2.63. The van der Waals surface area contributed by atoms with Gasteiger partial charge in [0.15, 0.2) is 0 Å². The van der Waals surface area contributed by atoms with E-state index >= 15 is 0 Å². The molecule has 1 fully saturated rings. The first-order valence-corrected chi connectivity index (χ1v) is 5.25. The van der Waals surface area contributed by atoms with E-state index in [0.717, 1.165) is 37.7 Å². The molecule has 0 bridgehead atoms. The summed E-state index contributed by atoms with van der Waals surface area (Å²) < 4.78 is 5.56. The molecule has 14 heavy (non-hydrogen) atoms. The van der Waals surface area contributed by atoms with Gasteiger partial charge in [-0.1, -0.05) is 0 Å². The highest BCUT2D eigenvalue weighted by Gasteiger charge is 2.16. The number of piperazine rings is 1. The molecule has 2 heterocycles. The Morgan fingerprint density at radius 2 is 2.43 bits per heavy atom. The number of hydrogen-bond acceptors (Lipinski definition) is 3. The molecule has 0 radical (unpaired) electrons. The fraction of sp³-hybridized carbons (Fsp3) is 0.636. The van der Waals surface area contributed by atoms with Crippen molar-refractivity contribution in [2.45, 2.75) is 26.4 Å². The zero-order valence-electron chi connectivity index (χ0n) is 8.92. The molecule has 1 aromatic heterocycles. The number of hydrogen-bond donors (Lipinski definition) is 1. The summed E-state index contributed by atoms with van der Waals surface area (Å²) in [5.41, 5.74) is 0. The predicted molar refractivity (Wildman–Crippen MR) is 56.2 cm³/mol. The van der Waals surface area contributed by atoms with Crippen LogP contribution in [0.5, 0.6) is 0 Å². The van der Waals surface area contributed by atoms with E-state index in [0.29, 0.717) is 6.04 Å². The van der Waals surface area contributed by atoms with Gasteiger partial charge in [-0.05, 0) is 26.0 Å². The van der Waals surface area contributed by atoms with Gasteiger partial charge in [-0.2, -0.15) is 0 Å². The first-order valence-electron chi connectivity index (χ1n) is 5.25. The Kier molecular flexibility index (Phi) is 2.89. The highest BCUT2D eigenvalue weighted by Crippen LogP contribution is 2.10. The summed E-state index contributed by atoms with van der Waals surface area (Å²) in [6, 6.07) is 4.70. The third-order valence-electron chi connectivity index (χ3n) is 2.63. The van der Waals surface area contributed by atoms with Crippen LogP contribution in [0.1, 0.15) is 18.4 Å². The van der Waals surface area contributed by atoms with Gasteiger partial charge in [-0.25, -0.2) is 0 Å². The lowest BCUT2D eigenvalue weighted by Gasteiger charge is -2.31. The lowest BCUT2D eigenvalue weighted by molar-refractivity contribution is 0.186. The third kappa shape index (κ3) is 2.36. The minimum Gasteiger partial charge on any atom is -0.465 e. The van der Waals surface area contributed by atoms with E-state index in [2.05, 4.69) is 23.2 Å². The summed E-state index contributed by atoms with van der Waals surface area (Å²) in [6.45, 7) is 8.47. The second-order valence-corrected chi connectivity index (χ2v) is 4.10. The van der Waals surface area contributed by atoms with Gasteiger partial charge in [0.25, 0.3) is 0 Å². The Labute approximate surface area is 85.1 Å². The van der Waals surface area contributed by atoms with E-state index in [1.54, 1.807) is 0 Å². The molecule has 0 saturated carbocycles. The van der Waals surface area contributed by atoms with Gasteiger partial charge < -0.3 is 9.73 Å². The van der Waals surface area contributed by atoms with Crippen molar-refractivity contribution in [3.05, 3.63) is 23.7 Å². The van der Waals surface area contributed by atoms with Gasteiger partial charge in [0.2, 0.25) is 0 Å². The topological polar surface area (TPSA) is 28.4 Å². The fourth-order valence-electron chi connectivity index (χ4n) is 1.95. The monoisotopic (exact) mass is 194 g/mol. The molecule has 78 valence electrons. The molecule has 2 rings (SSSR count). The second-order valence-electron chi connectivity index (χ2n) is 4.10. The maximum Gasteiger partial charge on any atom is 0.118 e. The molecule has 1 aliphatic heterocycles. The summed E-state index contributed by atoms with van der Waals surface area (Å²) >= 11 is 0. The summed E-state index contributed by atoms with van der Waals surface area (Å²) in [5.74, 6) is 2.08. The summed E-state index contributed by atoms with van der Waals surface area (Å²) in [6.07, 6.45) is 0. The fourth-order valence-corrected chi connectivity index (χ4v) is 1.95. The van der Waals surface area contributed by atoms with Crippen LogP contribution in [0, 0.1) is 6.92 Å². The van der Waals surface area contributed by atoms with Crippen molar-refractivity contribution >= 4 is 0 Å². The van der Waals surface area contributed by atoms with Gasteiger partial charge in [0, 0.05) is 25.7 Å². The van der Waals surface area contributed by atoms with Crippen LogP contribution >= 0.6 is 0 Å². The van der Waals surface area contributed by atoms with Gasteiger partial charge in [0.05, 0.1) is 6.54 Å². The normalized spacial score (nSPS) is 24.0. The van der Waals surface area contributed by atoms with Crippen molar-refractivity contribution in [3.8, 4) is 0 Å². The lowest BCUT2D eigenvalue weighted by Crippen LogP contribution is -2.48. The highest BCUT2D eigenvalue weighted by atomic mass is 16.3. The highest BCUT2D eigenvalue weighted by molar-refractivity contribution is 5.05. The van der Waals surface area contributed by atoms with Crippen LogP contribution in [0.2, 0.25) is 0 Å². The van der Waals surface area contributed by atoms with Crippen molar-refractivity contribution in [2.75, 3.05) is 19.6 Å². The zero-order chi connectivity index (χ0) is 9.97. The molecule has 1 atom stereocenters. The summed E-state index contributed by atoms with van der Waals surface area (Å²) in [4.78, 5) is 2.43. The van der Waals surface area contributed by atoms with E-state index in [1.165, 1.54) is 0 Å². The maximum atomic E-state index is 5.56. The Hall–Kier alpha value is -0.800. The largest absolute Gasteiger partial charge is 0.465 e. The molecule has 0 spiro atoms. The van der Waals surface area contributed by atoms with Crippen LogP contribution < -0.4 is 5.32 Å². The molecule has 0 aromatic carbocycles. The van der Waals surface area contributed by atoms with E-state index in [1.807, 2.05) is 13.0 Å². The number of nitrogens with zero attached hydrogens (tertiary/aromatic N) is 1. The van der Waals surface area contributed by atoms with Gasteiger partial charge in [-0.3, -0.25) is 4.90 Å². The number of nitrogens with one attached hydrogen (secondary N) is 1. The van der Waals surface area contributed by atoms with Crippen LogP contribution in [-0.4, -0.2) is 30.6 Å². The molecule has 1 N–H and O–H groups in total. The van der Waals surface area contributed by atoms with Gasteiger partial charge in [0.1, 0.15) is 11.5 Å². The van der Waals surface area contributed by atoms with E-state index in [9.17, 15) is 0 Å². The van der Waals surface area contributed by atoms with Crippen molar-refractivity contribution in [1.29, 1.82) is 0 Å². The molecular weight excluding hydrogens is 176 g/mol. The lowest BCUT2D eigenvalue weighted by atomic mass is 10.2. The molecule has 3 nitrogen and oxygen atoms in total. The number of aryl methyl sites for hydroxylation is 1. The summed E-state index contributed by atoms with van der Waals surface area (Å²) in [7, 11) is 0. The van der Waals surface area contributed by atoms with Crippen LogP contribution in [0.15, 0.2) is 16.5 Å². The average Bonchev–Trinajstić information content (AvgIpc) is 2.51. The molecule has 1 saturated heterocycles. The van der Waals surface area contributed by atoms with Crippen LogP contribution in [0.4, 0.5) is 0 Å². The number of rotatable bonds is 2. The molecule has 1 aliphatic rings. The van der Waals surface area contributed by atoms with Crippen molar-refractivity contribution in [3.63, 3.8) is 0 Å². The zero-order valence-corrected chi connectivity index (χ0v) is 8.92. The van der Waals surface area contributed by atoms with E-state index < -0.39 is 0 Å². The average molecular weight is 194 g/mol. The molecule has 0 aliphatic carbocycles.